The summed E-state index contributed by atoms with van der Waals surface area (Å²) in [5.41, 5.74) is 2.18. The second kappa shape index (κ2) is 7.57. The number of likely N-dealkylation sites (N-methyl/N-ethyl adjacent to an activating group) is 1. The summed E-state index contributed by atoms with van der Waals surface area (Å²) in [5.74, 6) is 0.644. The third kappa shape index (κ3) is 4.29. The van der Waals surface area contributed by atoms with Crippen LogP contribution in [-0.2, 0) is 6.42 Å². The number of hydrogen-bond donors (Lipinski definition) is 1. The zero-order valence-corrected chi connectivity index (χ0v) is 13.8. The predicted octanol–water partition coefficient (Wildman–Crippen LogP) is 4.49. The van der Waals surface area contributed by atoms with Crippen LogP contribution < -0.4 is 10.1 Å². The standard InChI is InChI=1S/C17H19BrFNO/c1-3-20-16(10-12-4-7-14(19)8-5-12)15-11-13(18)6-9-17(15)21-2/h4-9,11,16,20H,3,10H2,1-2H3. The molecular formula is C17H19BrFNO. The molecule has 0 saturated carbocycles. The average molecular weight is 352 g/mol. The maximum Gasteiger partial charge on any atom is 0.123 e. The summed E-state index contributed by atoms with van der Waals surface area (Å²) < 4.78 is 19.5. The van der Waals surface area contributed by atoms with E-state index < -0.39 is 0 Å². The third-order valence-electron chi connectivity index (χ3n) is 3.37. The molecule has 2 aromatic carbocycles. The van der Waals surface area contributed by atoms with Gasteiger partial charge < -0.3 is 10.1 Å². The molecule has 0 amide bonds. The molecule has 0 radical (unpaired) electrons. The zero-order chi connectivity index (χ0) is 15.2. The number of methoxy groups -OCH3 is 1. The van der Waals surface area contributed by atoms with Gasteiger partial charge in [0.25, 0.3) is 0 Å². The number of ether oxygens (including phenoxy) is 1. The van der Waals surface area contributed by atoms with Gasteiger partial charge in [-0.3, -0.25) is 0 Å². The molecule has 4 heteroatoms. The van der Waals surface area contributed by atoms with E-state index in [0.717, 1.165) is 34.3 Å². The SMILES string of the molecule is CCNC(Cc1ccc(F)cc1)c1cc(Br)ccc1OC. The molecule has 0 aliphatic carbocycles. The van der Waals surface area contributed by atoms with E-state index in [4.69, 9.17) is 4.74 Å². The van der Waals surface area contributed by atoms with Gasteiger partial charge in [-0.15, -0.1) is 0 Å². The van der Waals surface area contributed by atoms with Gasteiger partial charge in [0, 0.05) is 16.1 Å². The molecule has 2 nitrogen and oxygen atoms in total. The number of hydrogen-bond acceptors (Lipinski definition) is 2. The smallest absolute Gasteiger partial charge is 0.123 e. The fraction of sp³-hybridized carbons (Fsp3) is 0.294. The van der Waals surface area contributed by atoms with E-state index in [1.807, 2.05) is 24.3 Å². The quantitative estimate of drug-likeness (QED) is 0.827. The highest BCUT2D eigenvalue weighted by Crippen LogP contribution is 2.30. The summed E-state index contributed by atoms with van der Waals surface area (Å²) in [6.07, 6.45) is 0.779. The van der Waals surface area contributed by atoms with E-state index in [-0.39, 0.29) is 11.9 Å². The van der Waals surface area contributed by atoms with Crippen LogP contribution in [0, 0.1) is 5.82 Å². The highest BCUT2D eigenvalue weighted by atomic mass is 79.9. The van der Waals surface area contributed by atoms with Gasteiger partial charge in [0.1, 0.15) is 11.6 Å². The third-order valence-corrected chi connectivity index (χ3v) is 3.86. The van der Waals surface area contributed by atoms with Crippen LogP contribution in [0.25, 0.3) is 0 Å². The lowest BCUT2D eigenvalue weighted by Gasteiger charge is -2.21. The molecule has 1 atom stereocenters. The van der Waals surface area contributed by atoms with Gasteiger partial charge in [0.15, 0.2) is 0 Å². The second-order valence-corrected chi connectivity index (χ2v) is 5.74. The molecule has 1 unspecified atom stereocenters. The largest absolute Gasteiger partial charge is 0.496 e. The van der Waals surface area contributed by atoms with Crippen molar-refractivity contribution < 1.29 is 9.13 Å². The molecule has 2 rings (SSSR count). The maximum atomic E-state index is 13.0. The summed E-state index contributed by atoms with van der Waals surface area (Å²) in [6, 6.07) is 12.7. The normalized spacial score (nSPS) is 12.2. The Labute approximate surface area is 133 Å². The van der Waals surface area contributed by atoms with Crippen LogP contribution in [0.3, 0.4) is 0 Å². The molecule has 0 aromatic heterocycles. The number of halogens is 2. The minimum Gasteiger partial charge on any atom is -0.496 e. The van der Waals surface area contributed by atoms with Crippen LogP contribution in [0.1, 0.15) is 24.1 Å². The first kappa shape index (κ1) is 16.0. The minimum atomic E-state index is -0.209. The molecule has 21 heavy (non-hydrogen) atoms. The fourth-order valence-electron chi connectivity index (χ4n) is 2.37. The van der Waals surface area contributed by atoms with E-state index in [0.29, 0.717) is 0 Å². The summed E-state index contributed by atoms with van der Waals surface area (Å²) in [6.45, 7) is 2.92. The van der Waals surface area contributed by atoms with Crippen molar-refractivity contribution in [1.82, 2.24) is 5.32 Å². The summed E-state index contributed by atoms with van der Waals surface area (Å²) in [4.78, 5) is 0. The van der Waals surface area contributed by atoms with Crippen LogP contribution in [0.15, 0.2) is 46.9 Å². The van der Waals surface area contributed by atoms with E-state index in [2.05, 4.69) is 34.2 Å². The average Bonchev–Trinajstić information content (AvgIpc) is 2.49. The van der Waals surface area contributed by atoms with Crippen molar-refractivity contribution in [2.24, 2.45) is 0 Å². The first-order valence-electron chi connectivity index (χ1n) is 6.95. The Morgan fingerprint density at radius 3 is 2.52 bits per heavy atom. The molecule has 0 fully saturated rings. The van der Waals surface area contributed by atoms with Gasteiger partial charge in [-0.25, -0.2) is 4.39 Å². The van der Waals surface area contributed by atoms with Crippen LogP contribution in [0.2, 0.25) is 0 Å². The highest BCUT2D eigenvalue weighted by Gasteiger charge is 2.16. The molecular weight excluding hydrogens is 333 g/mol. The van der Waals surface area contributed by atoms with Crippen molar-refractivity contribution in [2.45, 2.75) is 19.4 Å². The van der Waals surface area contributed by atoms with Gasteiger partial charge in [0.05, 0.1) is 7.11 Å². The van der Waals surface area contributed by atoms with Crippen molar-refractivity contribution in [3.05, 3.63) is 63.9 Å². The molecule has 112 valence electrons. The summed E-state index contributed by atoms with van der Waals surface area (Å²) >= 11 is 3.51. The van der Waals surface area contributed by atoms with E-state index >= 15 is 0 Å². The van der Waals surface area contributed by atoms with E-state index in [1.165, 1.54) is 12.1 Å². The predicted molar refractivity (Wildman–Crippen MR) is 87.2 cm³/mol. The number of benzene rings is 2. The van der Waals surface area contributed by atoms with Gasteiger partial charge in [-0.2, -0.15) is 0 Å². The van der Waals surface area contributed by atoms with Crippen LogP contribution in [0.5, 0.6) is 5.75 Å². The van der Waals surface area contributed by atoms with Gasteiger partial charge in [-0.1, -0.05) is 35.0 Å². The summed E-state index contributed by atoms with van der Waals surface area (Å²) in [7, 11) is 1.67. The Bertz CT molecular complexity index is 586. The topological polar surface area (TPSA) is 21.3 Å². The molecule has 0 saturated heterocycles. The Hall–Kier alpha value is -1.39. The zero-order valence-electron chi connectivity index (χ0n) is 12.2. The van der Waals surface area contributed by atoms with E-state index in [9.17, 15) is 4.39 Å². The first-order chi connectivity index (χ1) is 10.1. The van der Waals surface area contributed by atoms with Crippen molar-refractivity contribution in [1.29, 1.82) is 0 Å². The Morgan fingerprint density at radius 2 is 1.90 bits per heavy atom. The Morgan fingerprint density at radius 1 is 1.19 bits per heavy atom. The molecule has 0 aliphatic rings. The maximum absolute atomic E-state index is 13.0. The van der Waals surface area contributed by atoms with Crippen molar-refractivity contribution in [3.8, 4) is 5.75 Å². The Balaban J connectivity index is 2.30. The Kier molecular flexibility index (Phi) is 5.76. The van der Waals surface area contributed by atoms with Crippen LogP contribution in [0.4, 0.5) is 4.39 Å². The van der Waals surface area contributed by atoms with Gasteiger partial charge in [0.2, 0.25) is 0 Å². The van der Waals surface area contributed by atoms with E-state index in [1.54, 1.807) is 7.11 Å². The molecule has 0 spiro atoms. The monoisotopic (exact) mass is 351 g/mol. The molecule has 0 aliphatic heterocycles. The number of rotatable bonds is 6. The van der Waals surface area contributed by atoms with Crippen LogP contribution >= 0.6 is 15.9 Å². The fourth-order valence-corrected chi connectivity index (χ4v) is 2.75. The van der Waals surface area contributed by atoms with Crippen LogP contribution in [-0.4, -0.2) is 13.7 Å². The summed E-state index contributed by atoms with van der Waals surface area (Å²) in [5, 5.41) is 3.47. The second-order valence-electron chi connectivity index (χ2n) is 4.83. The highest BCUT2D eigenvalue weighted by molar-refractivity contribution is 9.10. The van der Waals surface area contributed by atoms with Crippen molar-refractivity contribution in [2.75, 3.05) is 13.7 Å². The van der Waals surface area contributed by atoms with Gasteiger partial charge >= 0.3 is 0 Å². The van der Waals surface area contributed by atoms with Crippen molar-refractivity contribution in [3.63, 3.8) is 0 Å². The lowest BCUT2D eigenvalue weighted by Crippen LogP contribution is -2.23. The molecule has 2 aromatic rings. The lowest BCUT2D eigenvalue weighted by molar-refractivity contribution is 0.399. The first-order valence-corrected chi connectivity index (χ1v) is 7.74. The number of nitrogens with one attached hydrogen (secondary N) is 1. The molecule has 0 bridgehead atoms. The van der Waals surface area contributed by atoms with Gasteiger partial charge in [-0.05, 0) is 48.9 Å². The lowest BCUT2D eigenvalue weighted by atomic mass is 9.98. The molecule has 1 N–H and O–H groups in total. The minimum absolute atomic E-state index is 0.118. The van der Waals surface area contributed by atoms with Crippen molar-refractivity contribution >= 4 is 15.9 Å². The molecule has 0 heterocycles.